The lowest BCUT2D eigenvalue weighted by Gasteiger charge is -2.19. The number of carbonyl (C=O) groups is 7. The molecule has 0 aromatic rings. The molecule has 0 spiro atoms. The second kappa shape index (κ2) is 12.8. The van der Waals surface area contributed by atoms with Crippen LogP contribution in [-0.4, -0.2) is 69.7 Å². The van der Waals surface area contributed by atoms with Gasteiger partial charge in [0.2, 0.25) is 11.7 Å². The molecule has 0 aliphatic heterocycles. The lowest BCUT2D eigenvalue weighted by Crippen LogP contribution is -2.49. The van der Waals surface area contributed by atoms with Crippen molar-refractivity contribution < 1.29 is 48.6 Å². The molecule has 0 aromatic heterocycles. The smallest absolute Gasteiger partial charge is 0.305 e. The first-order chi connectivity index (χ1) is 13.5. The zero-order chi connectivity index (χ0) is 22.6. The molecule has 12 heteroatoms. The van der Waals surface area contributed by atoms with Gasteiger partial charge in [-0.3, -0.25) is 28.8 Å². The van der Waals surface area contributed by atoms with Crippen LogP contribution in [0.2, 0.25) is 0 Å². The molecule has 0 bridgehead atoms. The van der Waals surface area contributed by atoms with E-state index in [1.807, 2.05) is 5.32 Å². The van der Waals surface area contributed by atoms with Gasteiger partial charge in [0.1, 0.15) is 12.2 Å². The van der Waals surface area contributed by atoms with Gasteiger partial charge in [-0.25, -0.2) is 4.79 Å². The van der Waals surface area contributed by atoms with Crippen molar-refractivity contribution >= 4 is 47.4 Å². The first-order valence-electron chi connectivity index (χ1n) is 8.30. The number of aliphatic carboxylic acids is 2. The maximum Gasteiger partial charge on any atom is 0.305 e. The maximum atomic E-state index is 12.5. The fraction of sp³-hybridized carbons (Fsp3) is 0.471. The van der Waals surface area contributed by atoms with Gasteiger partial charge >= 0.3 is 11.9 Å². The molecule has 2 atom stereocenters. The van der Waals surface area contributed by atoms with Gasteiger partial charge < -0.3 is 26.1 Å². The number of carbonyl (C=O) groups excluding carboxylic acids is 6. The summed E-state index contributed by atoms with van der Waals surface area (Å²) in [6.45, 7) is 0. The summed E-state index contributed by atoms with van der Waals surface area (Å²) in [5, 5.41) is 19.5. The molecule has 0 saturated carbocycles. The minimum atomic E-state index is -1.60. The topological polar surface area (TPSA) is 215 Å². The predicted octanol–water partition coefficient (Wildman–Crippen LogP) is -2.03. The quantitative estimate of drug-likeness (QED) is 0.0995. The Morgan fingerprint density at radius 1 is 1.00 bits per heavy atom. The van der Waals surface area contributed by atoms with Crippen LogP contribution in [0, 0.1) is 0 Å². The second-order valence-electron chi connectivity index (χ2n) is 5.87. The highest BCUT2D eigenvalue weighted by atomic mass is 16.4. The first-order valence-corrected chi connectivity index (χ1v) is 8.30. The number of hydrogen-bond acceptors (Lipinski definition) is 9. The Morgan fingerprint density at radius 2 is 1.62 bits per heavy atom. The number of nitrogens with two attached hydrogens (primary N) is 1. The number of ketones is 3. The fourth-order valence-corrected chi connectivity index (χ4v) is 2.07. The third-order valence-electron chi connectivity index (χ3n) is 3.57. The Kier molecular flexibility index (Phi) is 11.3. The van der Waals surface area contributed by atoms with Gasteiger partial charge in [0.15, 0.2) is 11.6 Å². The van der Waals surface area contributed by atoms with E-state index in [4.69, 9.17) is 15.9 Å². The number of Topliss-reactive ketones (excluding diaryl/α,β-unsaturated/α-hetero) is 3. The molecule has 12 nitrogen and oxygen atoms in total. The summed E-state index contributed by atoms with van der Waals surface area (Å²) < 4.78 is 0. The average molecular weight is 412 g/mol. The summed E-state index contributed by atoms with van der Waals surface area (Å²) in [5.41, 5.74) is 4.56. The molecule has 0 fully saturated rings. The number of amides is 1. The van der Waals surface area contributed by atoms with E-state index in [2.05, 4.69) is 0 Å². The van der Waals surface area contributed by atoms with Crippen LogP contribution >= 0.6 is 0 Å². The SMILES string of the molecule is N[C@@H](CC(=O)O)C(=O)N[C@@H](CCC(=O)O)C(=O)C(=C=O)CC(=O)C(=O)CCC=O. The van der Waals surface area contributed by atoms with Gasteiger partial charge in [-0.05, 0) is 6.42 Å². The monoisotopic (exact) mass is 412 g/mol. The summed E-state index contributed by atoms with van der Waals surface area (Å²) in [7, 11) is 0. The Bertz CT molecular complexity index is 751. The van der Waals surface area contributed by atoms with Crippen LogP contribution in [0.5, 0.6) is 0 Å². The molecule has 0 radical (unpaired) electrons. The van der Waals surface area contributed by atoms with Crippen LogP contribution in [0.3, 0.4) is 0 Å². The lowest BCUT2D eigenvalue weighted by atomic mass is 9.95. The minimum Gasteiger partial charge on any atom is -0.481 e. The van der Waals surface area contributed by atoms with Crippen LogP contribution < -0.4 is 11.1 Å². The van der Waals surface area contributed by atoms with E-state index in [-0.39, 0.29) is 6.42 Å². The van der Waals surface area contributed by atoms with E-state index in [1.54, 1.807) is 0 Å². The van der Waals surface area contributed by atoms with Crippen LogP contribution in [0.1, 0.15) is 38.5 Å². The molecular formula is C17H20N2O10. The van der Waals surface area contributed by atoms with E-state index in [1.165, 1.54) is 5.94 Å². The maximum absolute atomic E-state index is 12.5. The zero-order valence-electron chi connectivity index (χ0n) is 15.2. The standard InChI is InChI=1S/C17H20N2O10/c18-10(7-15(26)27)17(29)19-11(3-4-14(24)25)16(28)9(8-21)6-13(23)12(22)2-1-5-20/h5,10-11H,1-4,6-7,18H2,(H,19,29)(H,24,25)(H,26,27)/t10-,11-/m0/s1. The molecule has 0 rings (SSSR count). The van der Waals surface area contributed by atoms with Crippen molar-refractivity contribution in [2.45, 2.75) is 50.6 Å². The summed E-state index contributed by atoms with van der Waals surface area (Å²) in [5.74, 6) is -5.90. The highest BCUT2D eigenvalue weighted by Gasteiger charge is 2.30. The van der Waals surface area contributed by atoms with E-state index in [0.717, 1.165) is 0 Å². The number of hydrogen-bond donors (Lipinski definition) is 4. The average Bonchev–Trinajstić information content (AvgIpc) is 2.65. The second-order valence-corrected chi connectivity index (χ2v) is 5.87. The molecule has 1 amide bonds. The molecule has 0 aromatic carbocycles. The highest BCUT2D eigenvalue weighted by Crippen LogP contribution is 2.10. The molecule has 0 saturated heterocycles. The van der Waals surface area contributed by atoms with Crippen molar-refractivity contribution in [3.63, 3.8) is 0 Å². The van der Waals surface area contributed by atoms with Crippen molar-refractivity contribution in [3.8, 4) is 0 Å². The number of aldehydes is 1. The summed E-state index contributed by atoms with van der Waals surface area (Å²) in [4.78, 5) is 90.4. The van der Waals surface area contributed by atoms with Crippen LogP contribution in [0.25, 0.3) is 0 Å². The van der Waals surface area contributed by atoms with Crippen molar-refractivity contribution in [1.82, 2.24) is 5.32 Å². The summed E-state index contributed by atoms with van der Waals surface area (Å²) in [6, 6.07) is -3.16. The molecule has 0 aliphatic rings. The van der Waals surface area contributed by atoms with E-state index in [0.29, 0.717) is 6.29 Å². The number of carboxylic acids is 2. The van der Waals surface area contributed by atoms with E-state index < -0.39 is 85.0 Å². The lowest BCUT2D eigenvalue weighted by molar-refractivity contribution is -0.139. The van der Waals surface area contributed by atoms with E-state index >= 15 is 0 Å². The Morgan fingerprint density at radius 3 is 2.10 bits per heavy atom. The summed E-state index contributed by atoms with van der Waals surface area (Å²) >= 11 is 0. The number of rotatable bonds is 15. The third-order valence-corrected chi connectivity index (χ3v) is 3.57. The van der Waals surface area contributed by atoms with E-state index in [9.17, 15) is 38.4 Å². The molecule has 0 aliphatic carbocycles. The van der Waals surface area contributed by atoms with Crippen molar-refractivity contribution in [2.24, 2.45) is 5.73 Å². The van der Waals surface area contributed by atoms with Crippen LogP contribution in [0.15, 0.2) is 5.57 Å². The normalized spacial score (nSPS) is 12.0. The fourth-order valence-electron chi connectivity index (χ4n) is 2.07. The molecular weight excluding hydrogens is 392 g/mol. The molecule has 5 N–H and O–H groups in total. The largest absolute Gasteiger partial charge is 0.481 e. The van der Waals surface area contributed by atoms with Gasteiger partial charge in [0.05, 0.1) is 30.5 Å². The van der Waals surface area contributed by atoms with Gasteiger partial charge in [-0.1, -0.05) is 0 Å². The van der Waals surface area contributed by atoms with Gasteiger partial charge in [0.25, 0.3) is 0 Å². The molecule has 158 valence electrons. The molecule has 29 heavy (non-hydrogen) atoms. The van der Waals surface area contributed by atoms with Crippen molar-refractivity contribution in [3.05, 3.63) is 5.57 Å². The van der Waals surface area contributed by atoms with Crippen molar-refractivity contribution in [1.29, 1.82) is 0 Å². The number of carboxylic acid groups (broad SMARTS) is 2. The molecule has 0 unspecified atom stereocenters. The predicted molar refractivity (Wildman–Crippen MR) is 93.2 cm³/mol. The Balaban J connectivity index is 5.36. The third kappa shape index (κ3) is 9.84. The van der Waals surface area contributed by atoms with Gasteiger partial charge in [-0.15, -0.1) is 0 Å². The Labute approximate surface area is 164 Å². The number of nitrogens with one attached hydrogen (secondary N) is 1. The van der Waals surface area contributed by atoms with Gasteiger partial charge in [-0.2, -0.15) is 0 Å². The Hall–Kier alpha value is -3.50. The minimum absolute atomic E-state index is 0.225. The molecule has 0 heterocycles. The zero-order valence-corrected chi connectivity index (χ0v) is 15.2. The highest BCUT2D eigenvalue weighted by molar-refractivity contribution is 6.39. The van der Waals surface area contributed by atoms with Crippen LogP contribution in [0.4, 0.5) is 0 Å². The first kappa shape index (κ1) is 25.5. The van der Waals surface area contributed by atoms with Crippen molar-refractivity contribution in [2.75, 3.05) is 0 Å². The van der Waals surface area contributed by atoms with Crippen LogP contribution in [-0.2, 0) is 38.4 Å². The van der Waals surface area contributed by atoms with Gasteiger partial charge in [0, 0.05) is 19.3 Å². The summed E-state index contributed by atoms with van der Waals surface area (Å²) in [6.07, 6.45) is -3.04.